The van der Waals surface area contributed by atoms with Gasteiger partial charge in [-0.05, 0) is 25.1 Å². The first kappa shape index (κ1) is 15.8. The molecule has 0 aliphatic carbocycles. The molecule has 2 rings (SSSR count). The van der Waals surface area contributed by atoms with Crippen LogP contribution in [0.2, 0.25) is 0 Å². The van der Waals surface area contributed by atoms with Gasteiger partial charge in [0.25, 0.3) is 0 Å². The van der Waals surface area contributed by atoms with Crippen LogP contribution in [0.1, 0.15) is 25.6 Å². The fraction of sp³-hybridized carbons (Fsp3) is 0.533. The van der Waals surface area contributed by atoms with Gasteiger partial charge in [-0.15, -0.1) is 0 Å². The van der Waals surface area contributed by atoms with E-state index >= 15 is 0 Å². The van der Waals surface area contributed by atoms with Gasteiger partial charge in [0.2, 0.25) is 0 Å². The van der Waals surface area contributed by atoms with Crippen molar-refractivity contribution in [2.75, 3.05) is 6.54 Å². The van der Waals surface area contributed by atoms with Crippen LogP contribution in [0.3, 0.4) is 0 Å². The molecule has 0 aliphatic rings. The molecule has 6 heteroatoms. The molecule has 3 nitrogen and oxygen atoms in total. The van der Waals surface area contributed by atoms with Gasteiger partial charge in [-0.1, -0.05) is 19.1 Å². The first-order valence-electron chi connectivity index (χ1n) is 7.11. The van der Waals surface area contributed by atoms with E-state index < -0.39 is 12.6 Å². The first-order valence-corrected chi connectivity index (χ1v) is 7.11. The van der Waals surface area contributed by atoms with E-state index in [-0.39, 0.29) is 12.5 Å². The number of rotatable bonds is 6. The lowest BCUT2D eigenvalue weighted by atomic mass is 10.1. The number of nitrogens with zero attached hydrogens (tertiary/aromatic N) is 2. The monoisotopic (exact) mass is 299 g/mol. The SMILES string of the molecule is CCNC(CCC(F)(F)F)Cc1nc2ccccc2n1C. The molecule has 1 aromatic heterocycles. The Balaban J connectivity index is 2.12. The minimum Gasteiger partial charge on any atom is -0.331 e. The fourth-order valence-electron chi connectivity index (χ4n) is 2.50. The summed E-state index contributed by atoms with van der Waals surface area (Å²) in [6.07, 6.45) is -4.32. The van der Waals surface area contributed by atoms with Crippen LogP contribution in [-0.2, 0) is 13.5 Å². The molecule has 0 spiro atoms. The van der Waals surface area contributed by atoms with Crippen LogP contribution in [0.15, 0.2) is 24.3 Å². The normalized spacial score (nSPS) is 13.8. The standard InChI is InChI=1S/C15H20F3N3/c1-3-19-11(8-9-15(16,17)18)10-14-20-12-6-4-5-7-13(12)21(14)2/h4-7,11,19H,3,8-10H2,1-2H3. The number of fused-ring (bicyclic) bond motifs is 1. The van der Waals surface area contributed by atoms with Crippen LogP contribution < -0.4 is 5.32 Å². The number of halogens is 3. The van der Waals surface area contributed by atoms with Crippen molar-refractivity contribution in [1.29, 1.82) is 0 Å². The van der Waals surface area contributed by atoms with E-state index in [1.807, 2.05) is 42.8 Å². The van der Waals surface area contributed by atoms with E-state index in [0.29, 0.717) is 13.0 Å². The molecule has 0 aliphatic heterocycles. The van der Waals surface area contributed by atoms with Crippen LogP contribution in [0.5, 0.6) is 0 Å². The van der Waals surface area contributed by atoms with Gasteiger partial charge in [-0.2, -0.15) is 13.2 Å². The third-order valence-electron chi connectivity index (χ3n) is 3.58. The summed E-state index contributed by atoms with van der Waals surface area (Å²) in [6.45, 7) is 2.54. The molecular formula is C15H20F3N3. The maximum Gasteiger partial charge on any atom is 0.389 e. The molecule has 1 heterocycles. The average molecular weight is 299 g/mol. The third kappa shape index (κ3) is 4.20. The van der Waals surface area contributed by atoms with Crippen molar-refractivity contribution in [2.45, 2.75) is 38.4 Å². The van der Waals surface area contributed by atoms with E-state index in [0.717, 1.165) is 16.9 Å². The highest BCUT2D eigenvalue weighted by Crippen LogP contribution is 2.23. The minimum atomic E-state index is -4.11. The Morgan fingerprint density at radius 2 is 2.00 bits per heavy atom. The molecule has 0 saturated heterocycles. The van der Waals surface area contributed by atoms with Gasteiger partial charge in [0, 0.05) is 25.9 Å². The van der Waals surface area contributed by atoms with Crippen molar-refractivity contribution in [3.63, 3.8) is 0 Å². The van der Waals surface area contributed by atoms with Gasteiger partial charge in [-0.3, -0.25) is 0 Å². The summed E-state index contributed by atoms with van der Waals surface area (Å²) in [5, 5.41) is 3.12. The summed E-state index contributed by atoms with van der Waals surface area (Å²) in [6, 6.07) is 7.50. The van der Waals surface area contributed by atoms with Crippen molar-refractivity contribution in [2.24, 2.45) is 7.05 Å². The van der Waals surface area contributed by atoms with Crippen molar-refractivity contribution in [3.8, 4) is 0 Å². The summed E-state index contributed by atoms with van der Waals surface area (Å²) in [5.74, 6) is 0.810. The summed E-state index contributed by atoms with van der Waals surface area (Å²) in [5.41, 5.74) is 1.87. The number of likely N-dealkylation sites (N-methyl/N-ethyl adjacent to an activating group) is 1. The van der Waals surface area contributed by atoms with Crippen LogP contribution in [-0.4, -0.2) is 28.3 Å². The maximum absolute atomic E-state index is 12.4. The first-order chi connectivity index (χ1) is 9.90. The van der Waals surface area contributed by atoms with E-state index in [1.165, 1.54) is 0 Å². The molecule has 0 bridgehead atoms. The molecule has 1 unspecified atom stereocenters. The van der Waals surface area contributed by atoms with Crippen LogP contribution in [0.4, 0.5) is 13.2 Å². The fourth-order valence-corrected chi connectivity index (χ4v) is 2.50. The zero-order valence-electron chi connectivity index (χ0n) is 12.2. The van der Waals surface area contributed by atoms with Crippen molar-refractivity contribution >= 4 is 11.0 Å². The highest BCUT2D eigenvalue weighted by atomic mass is 19.4. The lowest BCUT2D eigenvalue weighted by Crippen LogP contribution is -2.33. The number of hydrogen-bond acceptors (Lipinski definition) is 2. The van der Waals surface area contributed by atoms with Crippen molar-refractivity contribution in [1.82, 2.24) is 14.9 Å². The molecule has 1 atom stereocenters. The van der Waals surface area contributed by atoms with E-state index in [9.17, 15) is 13.2 Å². The number of benzene rings is 1. The predicted octanol–water partition coefficient (Wildman–Crippen LogP) is 3.44. The Bertz CT molecular complexity index is 589. The number of nitrogens with one attached hydrogen (secondary N) is 1. The lowest BCUT2D eigenvalue weighted by Gasteiger charge is -2.18. The summed E-state index contributed by atoms with van der Waals surface area (Å²) in [7, 11) is 1.90. The predicted molar refractivity (Wildman–Crippen MR) is 77.2 cm³/mol. The molecule has 0 fully saturated rings. The van der Waals surface area contributed by atoms with Gasteiger partial charge in [0.15, 0.2) is 0 Å². The highest BCUT2D eigenvalue weighted by molar-refractivity contribution is 5.75. The van der Waals surface area contributed by atoms with E-state index in [4.69, 9.17) is 0 Å². The lowest BCUT2D eigenvalue weighted by molar-refractivity contribution is -0.136. The minimum absolute atomic E-state index is 0.0700. The molecule has 0 radical (unpaired) electrons. The number of aryl methyl sites for hydroxylation is 1. The Labute approximate surface area is 122 Å². The number of alkyl halides is 3. The summed E-state index contributed by atoms with van der Waals surface area (Å²) in [4.78, 5) is 4.52. The van der Waals surface area contributed by atoms with Crippen LogP contribution in [0, 0.1) is 0 Å². The molecule has 21 heavy (non-hydrogen) atoms. The van der Waals surface area contributed by atoms with Gasteiger partial charge >= 0.3 is 6.18 Å². The smallest absolute Gasteiger partial charge is 0.331 e. The molecule has 2 aromatic rings. The number of imidazole rings is 1. The van der Waals surface area contributed by atoms with Gasteiger partial charge in [0.1, 0.15) is 5.82 Å². The molecule has 0 amide bonds. The second-order valence-electron chi connectivity index (χ2n) is 5.19. The van der Waals surface area contributed by atoms with E-state index in [2.05, 4.69) is 10.3 Å². The maximum atomic E-state index is 12.4. The molecule has 0 saturated carbocycles. The molecule has 116 valence electrons. The Morgan fingerprint density at radius 1 is 1.29 bits per heavy atom. The van der Waals surface area contributed by atoms with Gasteiger partial charge < -0.3 is 9.88 Å². The molecule has 1 aromatic carbocycles. The van der Waals surface area contributed by atoms with Gasteiger partial charge in [0.05, 0.1) is 11.0 Å². The second-order valence-corrected chi connectivity index (χ2v) is 5.19. The quantitative estimate of drug-likeness (QED) is 0.885. The second kappa shape index (κ2) is 6.47. The zero-order valence-corrected chi connectivity index (χ0v) is 12.2. The topological polar surface area (TPSA) is 29.9 Å². The third-order valence-corrected chi connectivity index (χ3v) is 3.58. The summed E-state index contributed by atoms with van der Waals surface area (Å²) >= 11 is 0. The van der Waals surface area contributed by atoms with Crippen molar-refractivity contribution in [3.05, 3.63) is 30.1 Å². The highest BCUT2D eigenvalue weighted by Gasteiger charge is 2.28. The molecular weight excluding hydrogens is 279 g/mol. The van der Waals surface area contributed by atoms with Crippen LogP contribution in [0.25, 0.3) is 11.0 Å². The number of hydrogen-bond donors (Lipinski definition) is 1. The Kier molecular flexibility index (Phi) is 4.88. The van der Waals surface area contributed by atoms with Gasteiger partial charge in [-0.25, -0.2) is 4.98 Å². The number of para-hydroxylation sites is 2. The van der Waals surface area contributed by atoms with Crippen molar-refractivity contribution < 1.29 is 13.2 Å². The largest absolute Gasteiger partial charge is 0.389 e. The Morgan fingerprint density at radius 3 is 2.62 bits per heavy atom. The number of aromatic nitrogens is 2. The Hall–Kier alpha value is -1.56. The summed E-state index contributed by atoms with van der Waals surface area (Å²) < 4.78 is 39.1. The van der Waals surface area contributed by atoms with Crippen LogP contribution >= 0.6 is 0 Å². The van der Waals surface area contributed by atoms with E-state index in [1.54, 1.807) is 0 Å². The zero-order chi connectivity index (χ0) is 15.5. The average Bonchev–Trinajstić information content (AvgIpc) is 2.73. The molecule has 1 N–H and O–H groups in total.